The lowest BCUT2D eigenvalue weighted by Gasteiger charge is -2.02. The van der Waals surface area contributed by atoms with Gasteiger partial charge >= 0.3 is 5.97 Å². The molecule has 0 atom stereocenters. The first-order valence-corrected chi connectivity index (χ1v) is 4.47. The molecule has 15 heavy (non-hydrogen) atoms. The number of nitrogens with one attached hydrogen (secondary N) is 1. The number of esters is 1. The Morgan fingerprint density at radius 1 is 1.67 bits per heavy atom. The minimum absolute atomic E-state index is 0. The Morgan fingerprint density at radius 2 is 2.33 bits per heavy atom. The maximum atomic E-state index is 11.0. The molecule has 0 aliphatic rings. The summed E-state index contributed by atoms with van der Waals surface area (Å²) in [6.07, 6.45) is 3.75. The topological polar surface area (TPSA) is 46.0 Å². The Balaban J connectivity index is 0.00000196. The van der Waals surface area contributed by atoms with E-state index in [0.717, 1.165) is 5.82 Å². The first kappa shape index (κ1) is 13.7. The van der Waals surface area contributed by atoms with Crippen LogP contribution in [0.3, 0.4) is 0 Å². The third kappa shape index (κ3) is 4.16. The van der Waals surface area contributed by atoms with Crippen LogP contribution in [0.15, 0.2) is 24.5 Å². The van der Waals surface area contributed by atoms with Crippen LogP contribution in [-0.2, 0) is 16.1 Å². The SMILES string of the molecule is C=C(C)C(=O)OCC[n+]1cc[nH]c1C.[Cl-]. The van der Waals surface area contributed by atoms with Crippen molar-refractivity contribution in [1.29, 1.82) is 0 Å². The van der Waals surface area contributed by atoms with Gasteiger partial charge in [-0.05, 0) is 6.92 Å². The number of aryl methyl sites for hydroxylation is 1. The lowest BCUT2D eigenvalue weighted by molar-refractivity contribution is -0.702. The van der Waals surface area contributed by atoms with Crippen molar-refractivity contribution in [2.75, 3.05) is 6.61 Å². The number of carbonyl (C=O) groups excluding carboxylic acids is 1. The molecule has 4 nitrogen and oxygen atoms in total. The van der Waals surface area contributed by atoms with Gasteiger partial charge in [-0.25, -0.2) is 14.3 Å². The number of rotatable bonds is 4. The van der Waals surface area contributed by atoms with Crippen LogP contribution in [0.4, 0.5) is 0 Å². The molecule has 1 aromatic rings. The first-order chi connectivity index (χ1) is 6.61. The maximum absolute atomic E-state index is 11.0. The molecule has 0 fully saturated rings. The third-order valence-electron chi connectivity index (χ3n) is 1.89. The molecule has 1 rings (SSSR count). The highest BCUT2D eigenvalue weighted by Crippen LogP contribution is 1.91. The van der Waals surface area contributed by atoms with Crippen LogP contribution in [0.2, 0.25) is 0 Å². The first-order valence-electron chi connectivity index (χ1n) is 4.47. The molecule has 1 heterocycles. The predicted octanol–water partition coefficient (Wildman–Crippen LogP) is -2.27. The second kappa shape index (κ2) is 6.24. The summed E-state index contributed by atoms with van der Waals surface area (Å²) in [5, 5.41) is 0. The van der Waals surface area contributed by atoms with Gasteiger partial charge in [0.1, 0.15) is 25.5 Å². The monoisotopic (exact) mass is 230 g/mol. The number of H-pyrrole nitrogens is 1. The van der Waals surface area contributed by atoms with E-state index in [9.17, 15) is 4.79 Å². The van der Waals surface area contributed by atoms with Crippen LogP contribution in [0.25, 0.3) is 0 Å². The fraction of sp³-hybridized carbons (Fsp3) is 0.400. The molecule has 0 unspecified atom stereocenters. The van der Waals surface area contributed by atoms with Crippen molar-refractivity contribution in [1.82, 2.24) is 4.98 Å². The van der Waals surface area contributed by atoms with Crippen LogP contribution in [0.5, 0.6) is 0 Å². The van der Waals surface area contributed by atoms with Gasteiger partial charge in [0.15, 0.2) is 0 Å². The van der Waals surface area contributed by atoms with E-state index in [1.807, 2.05) is 23.9 Å². The van der Waals surface area contributed by atoms with Gasteiger partial charge < -0.3 is 17.1 Å². The normalized spacial score (nSPS) is 9.20. The largest absolute Gasteiger partial charge is 1.00 e. The van der Waals surface area contributed by atoms with E-state index >= 15 is 0 Å². The van der Waals surface area contributed by atoms with Crippen molar-refractivity contribution in [3.05, 3.63) is 30.4 Å². The highest BCUT2D eigenvalue weighted by molar-refractivity contribution is 5.86. The Labute approximate surface area is 95.4 Å². The van der Waals surface area contributed by atoms with E-state index in [1.54, 1.807) is 6.92 Å². The van der Waals surface area contributed by atoms with E-state index in [1.165, 1.54) is 0 Å². The summed E-state index contributed by atoms with van der Waals surface area (Å²) < 4.78 is 6.94. The number of carbonyl (C=O) groups is 1. The molecule has 5 heteroatoms. The molecule has 84 valence electrons. The van der Waals surface area contributed by atoms with Gasteiger partial charge in [0, 0.05) is 12.5 Å². The average molecular weight is 231 g/mol. The van der Waals surface area contributed by atoms with Crippen molar-refractivity contribution in [2.45, 2.75) is 20.4 Å². The Kier molecular flexibility index (Phi) is 5.70. The van der Waals surface area contributed by atoms with Gasteiger partial charge in [-0.2, -0.15) is 0 Å². The minimum atomic E-state index is -0.334. The van der Waals surface area contributed by atoms with Crippen molar-refractivity contribution < 1.29 is 26.5 Å². The number of hydrogen-bond acceptors (Lipinski definition) is 2. The zero-order valence-corrected chi connectivity index (χ0v) is 9.67. The number of halogens is 1. The number of nitrogens with zero attached hydrogens (tertiary/aromatic N) is 1. The summed E-state index contributed by atoms with van der Waals surface area (Å²) in [6.45, 7) is 8.13. The lowest BCUT2D eigenvalue weighted by atomic mass is 10.4. The molecule has 0 aliphatic heterocycles. The summed E-state index contributed by atoms with van der Waals surface area (Å²) in [5.41, 5.74) is 0.431. The van der Waals surface area contributed by atoms with Crippen LogP contribution in [-0.4, -0.2) is 17.6 Å². The van der Waals surface area contributed by atoms with Crippen molar-refractivity contribution in [2.24, 2.45) is 0 Å². The standard InChI is InChI=1S/C10H14N2O2.ClH/c1-8(2)10(13)14-7-6-12-5-4-11-9(12)3;/h4-5H,1,6-7H2,2-3H3;1H. The van der Waals surface area contributed by atoms with Crippen molar-refractivity contribution in [3.63, 3.8) is 0 Å². The Hall–Kier alpha value is -1.29. The molecule has 1 aromatic heterocycles. The number of imidazole rings is 1. The molecule has 0 spiro atoms. The molecule has 0 aliphatic carbocycles. The van der Waals surface area contributed by atoms with Crippen LogP contribution >= 0.6 is 0 Å². The third-order valence-corrected chi connectivity index (χ3v) is 1.89. The number of aromatic nitrogens is 2. The van der Waals surface area contributed by atoms with Gasteiger partial charge in [-0.1, -0.05) is 6.58 Å². The summed E-state index contributed by atoms with van der Waals surface area (Å²) in [4.78, 5) is 14.1. The van der Waals surface area contributed by atoms with Crippen LogP contribution in [0.1, 0.15) is 12.7 Å². The maximum Gasteiger partial charge on any atom is 0.333 e. The molecule has 0 amide bonds. The van der Waals surface area contributed by atoms with Gasteiger partial charge in [0.05, 0.1) is 0 Å². The molecular formula is C10H15ClN2O2. The molecule has 0 saturated heterocycles. The van der Waals surface area contributed by atoms with E-state index in [0.29, 0.717) is 18.7 Å². The molecule has 0 bridgehead atoms. The number of hydrogen-bond donors (Lipinski definition) is 1. The summed E-state index contributed by atoms with van der Waals surface area (Å²) in [5.74, 6) is 0.704. The summed E-state index contributed by atoms with van der Waals surface area (Å²) >= 11 is 0. The number of ether oxygens (including phenoxy) is 1. The molecular weight excluding hydrogens is 216 g/mol. The summed E-state index contributed by atoms with van der Waals surface area (Å²) in [6, 6.07) is 0. The average Bonchev–Trinajstić information content (AvgIpc) is 2.51. The second-order valence-electron chi connectivity index (χ2n) is 3.16. The molecule has 0 radical (unpaired) electrons. The highest BCUT2D eigenvalue weighted by atomic mass is 35.5. The molecule has 1 N–H and O–H groups in total. The van der Waals surface area contributed by atoms with Crippen molar-refractivity contribution >= 4 is 5.97 Å². The highest BCUT2D eigenvalue weighted by Gasteiger charge is 2.06. The van der Waals surface area contributed by atoms with Gasteiger partial charge in [-0.15, -0.1) is 0 Å². The van der Waals surface area contributed by atoms with E-state index < -0.39 is 0 Å². The van der Waals surface area contributed by atoms with Crippen LogP contribution in [0, 0.1) is 6.92 Å². The summed E-state index contributed by atoms with van der Waals surface area (Å²) in [7, 11) is 0. The molecule has 0 aromatic carbocycles. The second-order valence-corrected chi connectivity index (χ2v) is 3.16. The Bertz CT molecular complexity index is 347. The zero-order chi connectivity index (χ0) is 10.6. The fourth-order valence-corrected chi connectivity index (χ4v) is 1.04. The van der Waals surface area contributed by atoms with Gasteiger partial charge in [0.2, 0.25) is 0 Å². The lowest BCUT2D eigenvalue weighted by Crippen LogP contribution is -3.00. The van der Waals surface area contributed by atoms with Crippen LogP contribution < -0.4 is 17.0 Å². The van der Waals surface area contributed by atoms with E-state index in [2.05, 4.69) is 11.6 Å². The van der Waals surface area contributed by atoms with Crippen molar-refractivity contribution in [3.8, 4) is 0 Å². The predicted molar refractivity (Wildman–Crippen MR) is 51.5 cm³/mol. The number of aromatic amines is 1. The Morgan fingerprint density at radius 3 is 2.80 bits per heavy atom. The zero-order valence-electron chi connectivity index (χ0n) is 8.92. The molecule has 0 saturated carbocycles. The van der Waals surface area contributed by atoms with E-state index in [4.69, 9.17) is 4.74 Å². The minimum Gasteiger partial charge on any atom is -1.00 e. The smallest absolute Gasteiger partial charge is 0.333 e. The van der Waals surface area contributed by atoms with Gasteiger partial charge in [0.25, 0.3) is 5.82 Å². The van der Waals surface area contributed by atoms with Gasteiger partial charge in [-0.3, -0.25) is 0 Å². The quantitative estimate of drug-likeness (QED) is 0.360. The van der Waals surface area contributed by atoms with E-state index in [-0.39, 0.29) is 18.4 Å². The fourth-order valence-electron chi connectivity index (χ4n) is 1.04.